The van der Waals surface area contributed by atoms with Crippen molar-refractivity contribution < 1.29 is 9.47 Å². The van der Waals surface area contributed by atoms with Gasteiger partial charge in [-0.05, 0) is 23.8 Å². The van der Waals surface area contributed by atoms with E-state index in [0.717, 1.165) is 16.9 Å². The Hall–Kier alpha value is -2.24. The van der Waals surface area contributed by atoms with E-state index >= 15 is 0 Å². The van der Waals surface area contributed by atoms with Crippen molar-refractivity contribution in [1.29, 1.82) is 0 Å². The van der Waals surface area contributed by atoms with Gasteiger partial charge in [-0.15, -0.1) is 0 Å². The van der Waals surface area contributed by atoms with E-state index in [-0.39, 0.29) is 0 Å². The van der Waals surface area contributed by atoms with Crippen LogP contribution < -0.4 is 4.74 Å². The van der Waals surface area contributed by atoms with Crippen molar-refractivity contribution in [2.24, 2.45) is 0 Å². The highest BCUT2D eigenvalue weighted by Crippen LogP contribution is 2.11. The molecule has 0 aliphatic heterocycles. The fourth-order valence-electron chi connectivity index (χ4n) is 1.63. The second kappa shape index (κ2) is 7.25. The summed E-state index contributed by atoms with van der Waals surface area (Å²) in [5.41, 5.74) is 2.09. The zero-order valence-corrected chi connectivity index (χ0v) is 10.9. The van der Waals surface area contributed by atoms with Crippen molar-refractivity contribution in [2.45, 2.75) is 6.61 Å². The molecule has 2 aromatic rings. The summed E-state index contributed by atoms with van der Waals surface area (Å²) in [6.45, 7) is 1.01. The molecule has 96 valence electrons. The van der Waals surface area contributed by atoms with Gasteiger partial charge in [0, 0.05) is 5.56 Å². The molecule has 0 fully saturated rings. The fraction of sp³-hybridized carbons (Fsp3) is 0.176. The van der Waals surface area contributed by atoms with Crippen LogP contribution in [0.25, 0.3) is 0 Å². The quantitative estimate of drug-likeness (QED) is 0.614. The van der Waals surface area contributed by atoms with E-state index < -0.39 is 0 Å². The van der Waals surface area contributed by atoms with Crippen LogP contribution in [0, 0.1) is 11.8 Å². The van der Waals surface area contributed by atoms with Crippen LogP contribution in [0.5, 0.6) is 5.75 Å². The van der Waals surface area contributed by atoms with E-state index in [9.17, 15) is 0 Å². The molecule has 0 saturated heterocycles. The molecule has 2 aromatic carbocycles. The van der Waals surface area contributed by atoms with E-state index in [1.54, 1.807) is 7.11 Å². The van der Waals surface area contributed by atoms with Gasteiger partial charge in [-0.2, -0.15) is 0 Å². The highest BCUT2D eigenvalue weighted by atomic mass is 16.5. The summed E-state index contributed by atoms with van der Waals surface area (Å²) in [5, 5.41) is 0. The third-order valence-corrected chi connectivity index (χ3v) is 2.59. The van der Waals surface area contributed by atoms with E-state index in [1.165, 1.54) is 0 Å². The molecule has 2 rings (SSSR count). The average Bonchev–Trinajstić information content (AvgIpc) is 2.48. The van der Waals surface area contributed by atoms with Crippen LogP contribution in [0.2, 0.25) is 0 Å². The minimum atomic E-state index is 0.423. The molecule has 0 heterocycles. The van der Waals surface area contributed by atoms with Gasteiger partial charge in [-0.3, -0.25) is 0 Å². The molecule has 0 bridgehead atoms. The molecule has 2 nitrogen and oxygen atoms in total. The lowest BCUT2D eigenvalue weighted by atomic mass is 10.2. The van der Waals surface area contributed by atoms with Crippen LogP contribution in [-0.4, -0.2) is 13.7 Å². The Labute approximate surface area is 114 Å². The van der Waals surface area contributed by atoms with Crippen molar-refractivity contribution in [2.75, 3.05) is 13.7 Å². The minimum absolute atomic E-state index is 0.423. The molecule has 0 saturated carbocycles. The SMILES string of the molecule is COc1cccc(C#CCOCc2ccccc2)c1. The van der Waals surface area contributed by atoms with Gasteiger partial charge >= 0.3 is 0 Å². The van der Waals surface area contributed by atoms with Gasteiger partial charge in [0.1, 0.15) is 12.4 Å². The lowest BCUT2D eigenvalue weighted by Gasteiger charge is -2.00. The van der Waals surface area contributed by atoms with Gasteiger partial charge < -0.3 is 9.47 Å². The van der Waals surface area contributed by atoms with Crippen molar-refractivity contribution in [3.05, 3.63) is 65.7 Å². The number of benzene rings is 2. The lowest BCUT2D eigenvalue weighted by molar-refractivity contribution is 0.153. The molecular weight excluding hydrogens is 236 g/mol. The van der Waals surface area contributed by atoms with Crippen LogP contribution in [0.3, 0.4) is 0 Å². The van der Waals surface area contributed by atoms with Gasteiger partial charge in [-0.1, -0.05) is 48.2 Å². The number of methoxy groups -OCH3 is 1. The maximum absolute atomic E-state index is 5.49. The largest absolute Gasteiger partial charge is 0.497 e. The number of rotatable bonds is 4. The number of hydrogen-bond donors (Lipinski definition) is 0. The Morgan fingerprint density at radius 1 is 1.00 bits per heavy atom. The lowest BCUT2D eigenvalue weighted by Crippen LogP contribution is -1.92. The first-order chi connectivity index (χ1) is 9.38. The van der Waals surface area contributed by atoms with Crippen LogP contribution in [0.4, 0.5) is 0 Å². The molecule has 0 aliphatic rings. The molecule has 0 aliphatic carbocycles. The van der Waals surface area contributed by atoms with Gasteiger partial charge in [0.25, 0.3) is 0 Å². The van der Waals surface area contributed by atoms with Crippen LogP contribution in [0.15, 0.2) is 54.6 Å². The van der Waals surface area contributed by atoms with Gasteiger partial charge in [-0.25, -0.2) is 0 Å². The van der Waals surface area contributed by atoms with E-state index in [2.05, 4.69) is 11.8 Å². The summed E-state index contributed by atoms with van der Waals surface area (Å²) in [5.74, 6) is 6.86. The number of ether oxygens (including phenoxy) is 2. The molecule has 19 heavy (non-hydrogen) atoms. The fourth-order valence-corrected chi connectivity index (χ4v) is 1.63. The van der Waals surface area contributed by atoms with Gasteiger partial charge in [0.05, 0.1) is 13.7 Å². The summed E-state index contributed by atoms with van der Waals surface area (Å²) in [4.78, 5) is 0. The third kappa shape index (κ3) is 4.50. The smallest absolute Gasteiger partial charge is 0.120 e. The van der Waals surface area contributed by atoms with Crippen molar-refractivity contribution in [3.63, 3.8) is 0 Å². The normalized spacial score (nSPS) is 9.53. The first kappa shape index (κ1) is 13.2. The monoisotopic (exact) mass is 252 g/mol. The average molecular weight is 252 g/mol. The topological polar surface area (TPSA) is 18.5 Å². The predicted octanol–water partition coefficient (Wildman–Crippen LogP) is 3.26. The molecule has 0 radical (unpaired) electrons. The first-order valence-corrected chi connectivity index (χ1v) is 6.13. The Morgan fingerprint density at radius 2 is 1.84 bits per heavy atom. The zero-order valence-electron chi connectivity index (χ0n) is 10.9. The highest BCUT2D eigenvalue weighted by Gasteiger charge is 1.91. The molecule has 2 heteroatoms. The summed E-state index contributed by atoms with van der Waals surface area (Å²) in [6, 6.07) is 17.7. The first-order valence-electron chi connectivity index (χ1n) is 6.13. The van der Waals surface area contributed by atoms with Crippen LogP contribution in [-0.2, 0) is 11.3 Å². The van der Waals surface area contributed by atoms with Crippen molar-refractivity contribution >= 4 is 0 Å². The molecule has 0 amide bonds. The maximum atomic E-state index is 5.49. The van der Waals surface area contributed by atoms with Crippen molar-refractivity contribution in [1.82, 2.24) is 0 Å². The molecule has 0 aromatic heterocycles. The summed E-state index contributed by atoms with van der Waals surface area (Å²) in [7, 11) is 1.65. The zero-order chi connectivity index (χ0) is 13.3. The van der Waals surface area contributed by atoms with Crippen LogP contribution >= 0.6 is 0 Å². The highest BCUT2D eigenvalue weighted by molar-refractivity contribution is 5.39. The molecule has 0 atom stereocenters. The predicted molar refractivity (Wildman–Crippen MR) is 76.0 cm³/mol. The Kier molecular flexibility index (Phi) is 5.04. The van der Waals surface area contributed by atoms with Gasteiger partial charge in [0.2, 0.25) is 0 Å². The molecule has 0 spiro atoms. The van der Waals surface area contributed by atoms with E-state index in [1.807, 2.05) is 54.6 Å². The van der Waals surface area contributed by atoms with Crippen LogP contribution in [0.1, 0.15) is 11.1 Å². The summed E-state index contributed by atoms with van der Waals surface area (Å²) in [6.07, 6.45) is 0. The third-order valence-electron chi connectivity index (χ3n) is 2.59. The second-order valence-corrected chi connectivity index (χ2v) is 4.01. The molecule has 0 N–H and O–H groups in total. The van der Waals surface area contributed by atoms with Gasteiger partial charge in [0.15, 0.2) is 0 Å². The van der Waals surface area contributed by atoms with E-state index in [4.69, 9.17) is 9.47 Å². The van der Waals surface area contributed by atoms with Crippen molar-refractivity contribution in [3.8, 4) is 17.6 Å². The molecular formula is C17H16O2. The molecule has 0 unspecified atom stereocenters. The minimum Gasteiger partial charge on any atom is -0.497 e. The Morgan fingerprint density at radius 3 is 2.63 bits per heavy atom. The Bertz CT molecular complexity index is 565. The Balaban J connectivity index is 1.81. The second-order valence-electron chi connectivity index (χ2n) is 4.01. The summed E-state index contributed by atoms with van der Waals surface area (Å²) < 4.78 is 10.6. The standard InChI is InChI=1S/C17H16O2/c1-18-17-11-5-9-15(13-17)10-6-12-19-14-16-7-3-2-4-8-16/h2-5,7-9,11,13H,12,14H2,1H3. The number of hydrogen-bond acceptors (Lipinski definition) is 2. The van der Waals surface area contributed by atoms with E-state index in [0.29, 0.717) is 13.2 Å². The maximum Gasteiger partial charge on any atom is 0.120 e. The summed E-state index contributed by atoms with van der Waals surface area (Å²) >= 11 is 0.